The van der Waals surface area contributed by atoms with Crippen LogP contribution in [0.2, 0.25) is 0 Å². The third-order valence-electron chi connectivity index (χ3n) is 4.08. The molecule has 0 aliphatic heterocycles. The van der Waals surface area contributed by atoms with Crippen LogP contribution in [0.1, 0.15) is 22.3 Å². The van der Waals surface area contributed by atoms with Crippen molar-refractivity contribution in [3.8, 4) is 17.7 Å². The van der Waals surface area contributed by atoms with Gasteiger partial charge >= 0.3 is 0 Å². The molecule has 0 aliphatic carbocycles. The van der Waals surface area contributed by atoms with Gasteiger partial charge in [0.2, 0.25) is 0 Å². The summed E-state index contributed by atoms with van der Waals surface area (Å²) in [7, 11) is 1.60. The lowest BCUT2D eigenvalue weighted by Gasteiger charge is -2.08. The predicted octanol–water partition coefficient (Wildman–Crippen LogP) is 3.28. The number of nitrogen functional groups attached to an aromatic ring is 1. The number of aryl methyl sites for hydroxylation is 1. The molecule has 0 amide bonds. The maximum atomic E-state index is 9.43. The zero-order valence-corrected chi connectivity index (χ0v) is 14.8. The lowest BCUT2D eigenvalue weighted by molar-refractivity contribution is 0.281. The van der Waals surface area contributed by atoms with E-state index in [1.165, 1.54) is 5.56 Å². The Morgan fingerprint density at radius 1 is 1.15 bits per heavy atom. The van der Waals surface area contributed by atoms with E-state index in [9.17, 15) is 5.26 Å². The van der Waals surface area contributed by atoms with Gasteiger partial charge in [0.25, 0.3) is 5.88 Å². The van der Waals surface area contributed by atoms with Gasteiger partial charge in [-0.25, -0.2) is 4.68 Å². The van der Waals surface area contributed by atoms with E-state index in [4.69, 9.17) is 15.2 Å². The molecule has 0 aliphatic rings. The third-order valence-corrected chi connectivity index (χ3v) is 4.08. The lowest BCUT2D eigenvalue weighted by atomic mass is 10.1. The highest BCUT2D eigenvalue weighted by atomic mass is 16.5. The maximum Gasteiger partial charge on any atom is 0.253 e. The summed E-state index contributed by atoms with van der Waals surface area (Å²) >= 11 is 0. The summed E-state index contributed by atoms with van der Waals surface area (Å²) in [5, 5.41) is 13.8. The van der Waals surface area contributed by atoms with Crippen LogP contribution in [0.4, 0.5) is 5.82 Å². The number of para-hydroxylation sites is 1. The second-order valence-corrected chi connectivity index (χ2v) is 5.92. The van der Waals surface area contributed by atoms with Gasteiger partial charge in [0.05, 0.1) is 13.7 Å². The standard InChI is InChI=1S/C20H20N4O2/c1-14-7-9-15(10-8-14)12-24-19(22)17(11-21)20(23-24)26-13-16-5-3-4-6-18(16)25-2/h3-10H,12-13,22H2,1-2H3. The van der Waals surface area contributed by atoms with E-state index in [1.807, 2.05) is 55.5 Å². The Morgan fingerprint density at radius 2 is 1.88 bits per heavy atom. The average Bonchev–Trinajstić information content (AvgIpc) is 2.96. The maximum absolute atomic E-state index is 9.43. The van der Waals surface area contributed by atoms with Crippen LogP contribution >= 0.6 is 0 Å². The Balaban J connectivity index is 1.81. The van der Waals surface area contributed by atoms with E-state index in [-0.39, 0.29) is 18.1 Å². The lowest BCUT2D eigenvalue weighted by Crippen LogP contribution is -2.06. The smallest absolute Gasteiger partial charge is 0.253 e. The molecule has 0 radical (unpaired) electrons. The van der Waals surface area contributed by atoms with Crippen molar-refractivity contribution in [2.45, 2.75) is 20.1 Å². The quantitative estimate of drug-likeness (QED) is 0.739. The summed E-state index contributed by atoms with van der Waals surface area (Å²) in [5.74, 6) is 1.24. The van der Waals surface area contributed by atoms with Gasteiger partial charge in [-0.15, -0.1) is 5.10 Å². The summed E-state index contributed by atoms with van der Waals surface area (Å²) in [6.45, 7) is 2.74. The van der Waals surface area contributed by atoms with Crippen LogP contribution < -0.4 is 15.2 Å². The number of hydrogen-bond acceptors (Lipinski definition) is 5. The zero-order chi connectivity index (χ0) is 18.5. The van der Waals surface area contributed by atoms with Crippen molar-refractivity contribution < 1.29 is 9.47 Å². The Labute approximate surface area is 152 Å². The summed E-state index contributed by atoms with van der Waals surface area (Å²) in [6, 6.07) is 17.7. The first kappa shape index (κ1) is 17.4. The van der Waals surface area contributed by atoms with Gasteiger partial charge in [0, 0.05) is 5.56 Å². The molecule has 2 aromatic carbocycles. The highest BCUT2D eigenvalue weighted by Crippen LogP contribution is 2.26. The fourth-order valence-electron chi connectivity index (χ4n) is 2.61. The van der Waals surface area contributed by atoms with Crippen molar-refractivity contribution in [3.63, 3.8) is 0 Å². The zero-order valence-electron chi connectivity index (χ0n) is 14.8. The van der Waals surface area contributed by atoms with Crippen LogP contribution in [0, 0.1) is 18.3 Å². The first-order valence-electron chi connectivity index (χ1n) is 8.19. The molecule has 0 saturated carbocycles. The van der Waals surface area contributed by atoms with Gasteiger partial charge in [-0.2, -0.15) is 5.26 Å². The molecule has 0 fully saturated rings. The first-order chi connectivity index (χ1) is 12.6. The fourth-order valence-corrected chi connectivity index (χ4v) is 2.61. The predicted molar refractivity (Wildman–Crippen MR) is 99.0 cm³/mol. The average molecular weight is 348 g/mol. The molecule has 1 aromatic heterocycles. The van der Waals surface area contributed by atoms with E-state index in [0.717, 1.165) is 16.9 Å². The second kappa shape index (κ2) is 7.62. The number of nitrogens with zero attached hydrogens (tertiary/aromatic N) is 3. The van der Waals surface area contributed by atoms with Crippen molar-refractivity contribution in [2.24, 2.45) is 0 Å². The SMILES string of the molecule is COc1ccccc1COc1nn(Cc2ccc(C)cc2)c(N)c1C#N. The van der Waals surface area contributed by atoms with Crippen molar-refractivity contribution in [1.82, 2.24) is 9.78 Å². The van der Waals surface area contributed by atoms with Crippen molar-refractivity contribution in [3.05, 3.63) is 70.8 Å². The Hall–Kier alpha value is -3.46. The minimum atomic E-state index is 0.225. The van der Waals surface area contributed by atoms with Crippen molar-refractivity contribution in [2.75, 3.05) is 12.8 Å². The van der Waals surface area contributed by atoms with Crippen molar-refractivity contribution in [1.29, 1.82) is 5.26 Å². The van der Waals surface area contributed by atoms with Gasteiger partial charge in [-0.1, -0.05) is 48.0 Å². The first-order valence-corrected chi connectivity index (χ1v) is 8.19. The minimum absolute atomic E-state index is 0.225. The van der Waals surface area contributed by atoms with E-state index in [1.54, 1.807) is 11.8 Å². The highest BCUT2D eigenvalue weighted by molar-refractivity contribution is 5.55. The molecule has 0 bridgehead atoms. The molecule has 0 unspecified atom stereocenters. The number of rotatable bonds is 6. The van der Waals surface area contributed by atoms with Gasteiger partial charge in [0.15, 0.2) is 5.56 Å². The van der Waals surface area contributed by atoms with Crippen LogP contribution in [0.5, 0.6) is 11.6 Å². The molecule has 6 nitrogen and oxygen atoms in total. The van der Waals surface area contributed by atoms with Gasteiger partial charge in [0.1, 0.15) is 24.2 Å². The molecule has 0 saturated heterocycles. The summed E-state index contributed by atoms with van der Waals surface area (Å²) < 4.78 is 12.7. The molecule has 132 valence electrons. The molecular weight excluding hydrogens is 328 g/mol. The molecule has 2 N–H and O–H groups in total. The molecule has 3 rings (SSSR count). The largest absolute Gasteiger partial charge is 0.496 e. The van der Waals surface area contributed by atoms with E-state index < -0.39 is 0 Å². The molecular formula is C20H20N4O2. The van der Waals surface area contributed by atoms with Crippen LogP contribution in [-0.2, 0) is 13.2 Å². The molecule has 3 aromatic rings. The van der Waals surface area contributed by atoms with Crippen LogP contribution in [0.3, 0.4) is 0 Å². The number of methoxy groups -OCH3 is 1. The topological polar surface area (TPSA) is 86.1 Å². The van der Waals surface area contributed by atoms with Gasteiger partial charge < -0.3 is 15.2 Å². The number of anilines is 1. The van der Waals surface area contributed by atoms with E-state index in [2.05, 4.69) is 11.2 Å². The fraction of sp³-hybridized carbons (Fsp3) is 0.200. The van der Waals surface area contributed by atoms with Gasteiger partial charge in [-0.05, 0) is 18.6 Å². The van der Waals surface area contributed by atoms with Crippen LogP contribution in [-0.4, -0.2) is 16.9 Å². The number of nitriles is 1. The number of hydrogen-bond donors (Lipinski definition) is 1. The molecule has 1 heterocycles. The molecule has 0 spiro atoms. The summed E-state index contributed by atoms with van der Waals surface area (Å²) in [4.78, 5) is 0. The van der Waals surface area contributed by atoms with Crippen molar-refractivity contribution >= 4 is 5.82 Å². The Kier molecular flexibility index (Phi) is 5.09. The molecule has 0 atom stereocenters. The number of benzene rings is 2. The van der Waals surface area contributed by atoms with Crippen LogP contribution in [0.25, 0.3) is 0 Å². The molecule has 26 heavy (non-hydrogen) atoms. The molecule has 6 heteroatoms. The number of aromatic nitrogens is 2. The highest BCUT2D eigenvalue weighted by Gasteiger charge is 2.17. The Bertz CT molecular complexity index is 939. The second-order valence-electron chi connectivity index (χ2n) is 5.92. The monoisotopic (exact) mass is 348 g/mol. The minimum Gasteiger partial charge on any atom is -0.496 e. The summed E-state index contributed by atoms with van der Waals surface area (Å²) in [5.41, 5.74) is 9.43. The van der Waals surface area contributed by atoms with Crippen LogP contribution in [0.15, 0.2) is 48.5 Å². The normalized spacial score (nSPS) is 10.3. The number of ether oxygens (including phenoxy) is 2. The third kappa shape index (κ3) is 3.62. The Morgan fingerprint density at radius 3 is 2.58 bits per heavy atom. The summed E-state index contributed by atoms with van der Waals surface area (Å²) in [6.07, 6.45) is 0. The van der Waals surface area contributed by atoms with E-state index >= 15 is 0 Å². The van der Waals surface area contributed by atoms with Gasteiger partial charge in [-0.3, -0.25) is 0 Å². The van der Waals surface area contributed by atoms with E-state index in [0.29, 0.717) is 12.4 Å². The number of nitrogens with two attached hydrogens (primary N) is 1.